The summed E-state index contributed by atoms with van der Waals surface area (Å²) in [6.45, 7) is 10.7. The van der Waals surface area contributed by atoms with Gasteiger partial charge in [-0.15, -0.1) is 0 Å². The summed E-state index contributed by atoms with van der Waals surface area (Å²) < 4.78 is 0. The molecule has 0 saturated carbocycles. The fourth-order valence-corrected chi connectivity index (χ4v) is 2.10. The van der Waals surface area contributed by atoms with Gasteiger partial charge in [-0.05, 0) is 47.1 Å². The highest BCUT2D eigenvalue weighted by Crippen LogP contribution is 2.09. The van der Waals surface area contributed by atoms with E-state index in [1.54, 1.807) is 0 Å². The smallest absolute Gasteiger partial charge is 0.317 e. The molecular formula is C13H27N3O. The topological polar surface area (TPSA) is 44.4 Å². The fraction of sp³-hybridized carbons (Fsp3) is 0.923. The average molecular weight is 241 g/mol. The molecule has 1 saturated heterocycles. The number of nitrogens with one attached hydrogen (secondary N) is 2. The molecule has 0 aromatic heterocycles. The second kappa shape index (κ2) is 6.24. The maximum absolute atomic E-state index is 12.1. The van der Waals surface area contributed by atoms with E-state index in [1.165, 1.54) is 19.3 Å². The second-order valence-corrected chi connectivity index (χ2v) is 5.87. The maximum Gasteiger partial charge on any atom is 0.317 e. The summed E-state index contributed by atoms with van der Waals surface area (Å²) in [5.41, 5.74) is -0.162. The van der Waals surface area contributed by atoms with Gasteiger partial charge < -0.3 is 15.5 Å². The molecule has 1 rings (SSSR count). The zero-order valence-electron chi connectivity index (χ0n) is 11.7. The van der Waals surface area contributed by atoms with E-state index in [9.17, 15) is 4.79 Å². The van der Waals surface area contributed by atoms with Crippen molar-refractivity contribution < 1.29 is 4.79 Å². The fourth-order valence-electron chi connectivity index (χ4n) is 2.10. The van der Waals surface area contributed by atoms with Gasteiger partial charge >= 0.3 is 6.03 Å². The Hall–Kier alpha value is -0.770. The van der Waals surface area contributed by atoms with E-state index in [0.29, 0.717) is 6.04 Å². The second-order valence-electron chi connectivity index (χ2n) is 5.87. The largest absolute Gasteiger partial charge is 0.333 e. The lowest BCUT2D eigenvalue weighted by atomic mass is 10.0. The van der Waals surface area contributed by atoms with Gasteiger partial charge in [-0.25, -0.2) is 4.79 Å². The van der Waals surface area contributed by atoms with Crippen molar-refractivity contribution in [2.24, 2.45) is 0 Å². The van der Waals surface area contributed by atoms with Crippen molar-refractivity contribution in [2.75, 3.05) is 19.6 Å². The van der Waals surface area contributed by atoms with Gasteiger partial charge in [0.05, 0.1) is 0 Å². The first kappa shape index (κ1) is 14.3. The summed E-state index contributed by atoms with van der Waals surface area (Å²) in [6, 6.07) is 0.516. The predicted molar refractivity (Wildman–Crippen MR) is 71.2 cm³/mol. The minimum atomic E-state index is -0.162. The number of piperidine rings is 1. The molecule has 0 aromatic rings. The minimum absolute atomic E-state index is 0.0485. The summed E-state index contributed by atoms with van der Waals surface area (Å²) in [5, 5.41) is 6.50. The first-order chi connectivity index (χ1) is 7.92. The molecule has 100 valence electrons. The van der Waals surface area contributed by atoms with Crippen LogP contribution in [0.4, 0.5) is 4.79 Å². The summed E-state index contributed by atoms with van der Waals surface area (Å²) in [4.78, 5) is 13.9. The van der Waals surface area contributed by atoms with Crippen LogP contribution in [0.5, 0.6) is 0 Å². The van der Waals surface area contributed by atoms with Crippen LogP contribution in [0.1, 0.15) is 47.0 Å². The summed E-state index contributed by atoms with van der Waals surface area (Å²) in [6.07, 6.45) is 3.71. The SMILES string of the molecule is CCN(CC1CCCCN1)C(=O)NC(C)(C)C. The lowest BCUT2D eigenvalue weighted by Gasteiger charge is -2.32. The van der Waals surface area contributed by atoms with Crippen LogP contribution in [-0.2, 0) is 0 Å². The number of hydrogen-bond donors (Lipinski definition) is 2. The van der Waals surface area contributed by atoms with Crippen molar-refractivity contribution in [3.8, 4) is 0 Å². The zero-order valence-corrected chi connectivity index (χ0v) is 11.7. The number of likely N-dealkylation sites (N-methyl/N-ethyl adjacent to an activating group) is 1. The van der Waals surface area contributed by atoms with Gasteiger partial charge in [0.1, 0.15) is 0 Å². The van der Waals surface area contributed by atoms with Crippen LogP contribution >= 0.6 is 0 Å². The van der Waals surface area contributed by atoms with Crippen LogP contribution in [0, 0.1) is 0 Å². The van der Waals surface area contributed by atoms with E-state index in [-0.39, 0.29) is 11.6 Å². The Labute approximate surface area is 105 Å². The summed E-state index contributed by atoms with van der Waals surface area (Å²) in [7, 11) is 0. The van der Waals surface area contributed by atoms with Crippen molar-refractivity contribution in [1.29, 1.82) is 0 Å². The normalized spacial score (nSPS) is 21.1. The molecule has 0 radical (unpaired) electrons. The van der Waals surface area contributed by atoms with Crippen LogP contribution in [0.3, 0.4) is 0 Å². The molecule has 2 N–H and O–H groups in total. The van der Waals surface area contributed by atoms with Crippen molar-refractivity contribution in [1.82, 2.24) is 15.5 Å². The van der Waals surface area contributed by atoms with E-state index < -0.39 is 0 Å². The number of amides is 2. The molecule has 17 heavy (non-hydrogen) atoms. The molecule has 1 aliphatic heterocycles. The highest BCUT2D eigenvalue weighted by Gasteiger charge is 2.22. The van der Waals surface area contributed by atoms with Gasteiger partial charge in [-0.1, -0.05) is 6.42 Å². The Balaban J connectivity index is 2.43. The van der Waals surface area contributed by atoms with Gasteiger partial charge in [-0.3, -0.25) is 0 Å². The molecule has 1 unspecified atom stereocenters. The zero-order chi connectivity index (χ0) is 12.9. The molecule has 0 bridgehead atoms. The molecule has 0 aromatic carbocycles. The van der Waals surface area contributed by atoms with Gasteiger partial charge in [0.25, 0.3) is 0 Å². The van der Waals surface area contributed by atoms with Gasteiger partial charge in [-0.2, -0.15) is 0 Å². The molecule has 4 heteroatoms. The standard InChI is InChI=1S/C13H27N3O/c1-5-16(12(17)15-13(2,3)4)10-11-8-6-7-9-14-11/h11,14H,5-10H2,1-4H3,(H,15,17). The molecular weight excluding hydrogens is 214 g/mol. The van der Waals surface area contributed by atoms with Crippen LogP contribution in [0.25, 0.3) is 0 Å². The van der Waals surface area contributed by atoms with Crippen LogP contribution in [0.15, 0.2) is 0 Å². The Bertz CT molecular complexity index is 242. The van der Waals surface area contributed by atoms with Gasteiger partial charge in [0, 0.05) is 24.7 Å². The van der Waals surface area contributed by atoms with E-state index >= 15 is 0 Å². The third-order valence-electron chi connectivity index (χ3n) is 3.00. The number of carbonyl (C=O) groups excluding carboxylic acids is 1. The monoisotopic (exact) mass is 241 g/mol. The molecule has 1 atom stereocenters. The van der Waals surface area contributed by atoms with Crippen molar-refractivity contribution in [3.63, 3.8) is 0 Å². The maximum atomic E-state index is 12.1. The summed E-state index contributed by atoms with van der Waals surface area (Å²) >= 11 is 0. The average Bonchev–Trinajstić information content (AvgIpc) is 2.24. The van der Waals surface area contributed by atoms with Gasteiger partial charge in [0.2, 0.25) is 0 Å². The Kier molecular flexibility index (Phi) is 5.25. The van der Waals surface area contributed by atoms with Crippen LogP contribution < -0.4 is 10.6 Å². The number of carbonyl (C=O) groups is 1. The number of nitrogens with zero attached hydrogens (tertiary/aromatic N) is 1. The molecule has 0 aliphatic carbocycles. The van der Waals surface area contributed by atoms with Gasteiger partial charge in [0.15, 0.2) is 0 Å². The number of rotatable bonds is 3. The highest BCUT2D eigenvalue weighted by molar-refractivity contribution is 5.74. The van der Waals surface area contributed by atoms with Crippen LogP contribution in [-0.4, -0.2) is 42.1 Å². The molecule has 4 nitrogen and oxygen atoms in total. The van der Waals surface area contributed by atoms with E-state index in [1.807, 2.05) is 32.6 Å². The molecule has 1 fully saturated rings. The summed E-state index contributed by atoms with van der Waals surface area (Å²) in [5.74, 6) is 0. The number of hydrogen-bond acceptors (Lipinski definition) is 2. The van der Waals surface area contributed by atoms with Crippen LogP contribution in [0.2, 0.25) is 0 Å². The first-order valence-electron chi connectivity index (χ1n) is 6.73. The van der Waals surface area contributed by atoms with Crippen molar-refractivity contribution >= 4 is 6.03 Å². The van der Waals surface area contributed by atoms with E-state index in [0.717, 1.165) is 19.6 Å². The lowest BCUT2D eigenvalue weighted by molar-refractivity contribution is 0.181. The molecule has 1 heterocycles. The Morgan fingerprint density at radius 3 is 2.59 bits per heavy atom. The Morgan fingerprint density at radius 1 is 1.41 bits per heavy atom. The molecule has 0 spiro atoms. The lowest BCUT2D eigenvalue weighted by Crippen LogP contribution is -2.52. The van der Waals surface area contributed by atoms with Crippen molar-refractivity contribution in [3.05, 3.63) is 0 Å². The number of urea groups is 1. The predicted octanol–water partition coefficient (Wildman–Crippen LogP) is 1.96. The highest BCUT2D eigenvalue weighted by atomic mass is 16.2. The minimum Gasteiger partial charge on any atom is -0.333 e. The van der Waals surface area contributed by atoms with Crippen molar-refractivity contribution in [2.45, 2.75) is 58.5 Å². The molecule has 1 aliphatic rings. The first-order valence-corrected chi connectivity index (χ1v) is 6.73. The van der Waals surface area contributed by atoms with E-state index in [4.69, 9.17) is 0 Å². The Morgan fingerprint density at radius 2 is 2.12 bits per heavy atom. The molecule has 2 amide bonds. The van der Waals surface area contributed by atoms with E-state index in [2.05, 4.69) is 10.6 Å². The third-order valence-corrected chi connectivity index (χ3v) is 3.00. The third kappa shape index (κ3) is 5.39. The quantitative estimate of drug-likeness (QED) is 0.793.